The Kier molecular flexibility index (Phi) is 2.03. The van der Waals surface area contributed by atoms with E-state index in [9.17, 15) is 0 Å². The Hall–Kier alpha value is -0.860. The maximum Gasteiger partial charge on any atom is 0.109 e. The fourth-order valence-electron chi connectivity index (χ4n) is 2.35. The molecule has 0 aliphatic carbocycles. The molecule has 2 aliphatic rings. The molecule has 2 heterocycles. The van der Waals surface area contributed by atoms with Gasteiger partial charge in [-0.25, -0.2) is 0 Å². The minimum absolute atomic E-state index is 0.189. The van der Waals surface area contributed by atoms with Crippen LogP contribution in [-0.4, -0.2) is 12.7 Å². The summed E-state index contributed by atoms with van der Waals surface area (Å²) in [5.41, 5.74) is 2.62. The van der Waals surface area contributed by atoms with Gasteiger partial charge in [-0.3, -0.25) is 0 Å². The van der Waals surface area contributed by atoms with E-state index in [1.165, 1.54) is 11.1 Å². The standard InChI is InChI=1S/C12H14O2/c1-2-5-10-9(4-1)8-14-11-6-3-7-13-12(10)11/h1-2,4-5,11-12H,3,6-8H2/t11-,12-/m0/s1. The Labute approximate surface area is 83.8 Å². The Balaban J connectivity index is 1.99. The summed E-state index contributed by atoms with van der Waals surface area (Å²) in [6, 6.07) is 8.44. The molecule has 2 aliphatic heterocycles. The molecule has 0 amide bonds. The second-order valence-electron chi connectivity index (χ2n) is 3.98. The molecule has 0 radical (unpaired) electrons. The molecule has 0 unspecified atom stereocenters. The van der Waals surface area contributed by atoms with Gasteiger partial charge >= 0.3 is 0 Å². The number of hydrogen-bond donors (Lipinski definition) is 0. The van der Waals surface area contributed by atoms with Crippen molar-refractivity contribution in [3.8, 4) is 0 Å². The third kappa shape index (κ3) is 1.26. The van der Waals surface area contributed by atoms with E-state index in [1.807, 2.05) is 0 Å². The van der Waals surface area contributed by atoms with Crippen molar-refractivity contribution >= 4 is 0 Å². The average Bonchev–Trinajstić information content (AvgIpc) is 2.29. The Morgan fingerprint density at radius 1 is 1.14 bits per heavy atom. The molecular weight excluding hydrogens is 176 g/mol. The quantitative estimate of drug-likeness (QED) is 0.625. The zero-order chi connectivity index (χ0) is 9.38. The molecule has 1 saturated heterocycles. The van der Waals surface area contributed by atoms with Gasteiger partial charge in [0.2, 0.25) is 0 Å². The molecule has 0 N–H and O–H groups in total. The van der Waals surface area contributed by atoms with E-state index in [1.54, 1.807) is 0 Å². The van der Waals surface area contributed by atoms with Crippen LogP contribution in [0.4, 0.5) is 0 Å². The molecular formula is C12H14O2. The molecule has 2 nitrogen and oxygen atoms in total. The normalized spacial score (nSPS) is 30.6. The van der Waals surface area contributed by atoms with Crippen LogP contribution in [0.15, 0.2) is 24.3 Å². The zero-order valence-corrected chi connectivity index (χ0v) is 8.11. The minimum Gasteiger partial charge on any atom is -0.371 e. The smallest absolute Gasteiger partial charge is 0.109 e. The summed E-state index contributed by atoms with van der Waals surface area (Å²) in [6.07, 6.45) is 2.75. The summed E-state index contributed by atoms with van der Waals surface area (Å²) in [5, 5.41) is 0. The highest BCUT2D eigenvalue weighted by molar-refractivity contribution is 5.31. The van der Waals surface area contributed by atoms with E-state index in [-0.39, 0.29) is 6.10 Å². The molecule has 0 bridgehead atoms. The third-order valence-corrected chi connectivity index (χ3v) is 3.08. The van der Waals surface area contributed by atoms with Gasteiger partial charge in [-0.15, -0.1) is 0 Å². The first kappa shape index (κ1) is 8.45. The number of rotatable bonds is 0. The van der Waals surface area contributed by atoms with E-state index in [0.717, 1.165) is 26.1 Å². The predicted molar refractivity (Wildman–Crippen MR) is 52.9 cm³/mol. The van der Waals surface area contributed by atoms with Crippen molar-refractivity contribution in [2.24, 2.45) is 0 Å². The van der Waals surface area contributed by atoms with Crippen molar-refractivity contribution in [2.45, 2.75) is 31.7 Å². The molecule has 0 spiro atoms. The lowest BCUT2D eigenvalue weighted by atomic mass is 9.92. The van der Waals surface area contributed by atoms with E-state index in [2.05, 4.69) is 24.3 Å². The van der Waals surface area contributed by atoms with Crippen LogP contribution in [0, 0.1) is 0 Å². The average molecular weight is 190 g/mol. The topological polar surface area (TPSA) is 18.5 Å². The van der Waals surface area contributed by atoms with Crippen molar-refractivity contribution in [1.29, 1.82) is 0 Å². The van der Waals surface area contributed by atoms with Crippen molar-refractivity contribution in [2.75, 3.05) is 6.61 Å². The van der Waals surface area contributed by atoms with Crippen LogP contribution in [-0.2, 0) is 16.1 Å². The summed E-state index contributed by atoms with van der Waals surface area (Å²) < 4.78 is 11.6. The lowest BCUT2D eigenvalue weighted by Crippen LogP contribution is -2.33. The second kappa shape index (κ2) is 3.37. The number of fused-ring (bicyclic) bond motifs is 3. The van der Waals surface area contributed by atoms with Crippen LogP contribution in [0.2, 0.25) is 0 Å². The van der Waals surface area contributed by atoms with Gasteiger partial charge in [0.15, 0.2) is 0 Å². The van der Waals surface area contributed by atoms with Crippen LogP contribution in [0.25, 0.3) is 0 Å². The van der Waals surface area contributed by atoms with Gasteiger partial charge in [-0.1, -0.05) is 24.3 Å². The lowest BCUT2D eigenvalue weighted by molar-refractivity contribution is -0.125. The van der Waals surface area contributed by atoms with Crippen molar-refractivity contribution < 1.29 is 9.47 Å². The van der Waals surface area contributed by atoms with E-state index in [0.29, 0.717) is 6.10 Å². The predicted octanol–water partition coefficient (Wildman–Crippen LogP) is 2.44. The first-order chi connectivity index (χ1) is 6.95. The van der Waals surface area contributed by atoms with E-state index < -0.39 is 0 Å². The molecule has 14 heavy (non-hydrogen) atoms. The maximum atomic E-state index is 5.78. The molecule has 0 saturated carbocycles. The molecule has 0 aromatic heterocycles. The number of ether oxygens (including phenoxy) is 2. The molecule has 2 heteroatoms. The minimum atomic E-state index is 0.189. The highest BCUT2D eigenvalue weighted by atomic mass is 16.5. The molecule has 1 aromatic rings. The van der Waals surface area contributed by atoms with Gasteiger partial charge in [0, 0.05) is 6.61 Å². The molecule has 2 atom stereocenters. The van der Waals surface area contributed by atoms with Gasteiger partial charge in [0.1, 0.15) is 6.10 Å². The highest BCUT2D eigenvalue weighted by Gasteiger charge is 2.32. The molecule has 1 aromatic carbocycles. The monoisotopic (exact) mass is 190 g/mol. The van der Waals surface area contributed by atoms with Crippen molar-refractivity contribution in [3.63, 3.8) is 0 Å². The van der Waals surface area contributed by atoms with Gasteiger partial charge in [0.25, 0.3) is 0 Å². The highest BCUT2D eigenvalue weighted by Crippen LogP contribution is 2.36. The molecule has 3 rings (SSSR count). The lowest BCUT2D eigenvalue weighted by Gasteiger charge is -2.36. The van der Waals surface area contributed by atoms with E-state index in [4.69, 9.17) is 9.47 Å². The van der Waals surface area contributed by atoms with Gasteiger partial charge in [-0.2, -0.15) is 0 Å². The summed E-state index contributed by atoms with van der Waals surface area (Å²) in [6.45, 7) is 1.62. The fraction of sp³-hybridized carbons (Fsp3) is 0.500. The summed E-state index contributed by atoms with van der Waals surface area (Å²) >= 11 is 0. The van der Waals surface area contributed by atoms with Gasteiger partial charge < -0.3 is 9.47 Å². The number of benzene rings is 1. The van der Waals surface area contributed by atoms with Crippen LogP contribution >= 0.6 is 0 Å². The van der Waals surface area contributed by atoms with E-state index >= 15 is 0 Å². The Bertz CT molecular complexity index is 335. The maximum absolute atomic E-state index is 5.78. The summed E-state index contributed by atoms with van der Waals surface area (Å²) in [5.74, 6) is 0. The van der Waals surface area contributed by atoms with Crippen molar-refractivity contribution in [1.82, 2.24) is 0 Å². The van der Waals surface area contributed by atoms with Gasteiger partial charge in [-0.05, 0) is 24.0 Å². The first-order valence-corrected chi connectivity index (χ1v) is 5.26. The van der Waals surface area contributed by atoms with Crippen molar-refractivity contribution in [3.05, 3.63) is 35.4 Å². The van der Waals surface area contributed by atoms with Crippen LogP contribution in [0.3, 0.4) is 0 Å². The van der Waals surface area contributed by atoms with Crippen LogP contribution < -0.4 is 0 Å². The number of hydrogen-bond acceptors (Lipinski definition) is 2. The van der Waals surface area contributed by atoms with Crippen LogP contribution in [0.5, 0.6) is 0 Å². The molecule has 74 valence electrons. The molecule has 1 fully saturated rings. The largest absolute Gasteiger partial charge is 0.371 e. The Morgan fingerprint density at radius 2 is 2.07 bits per heavy atom. The van der Waals surface area contributed by atoms with Gasteiger partial charge in [0.05, 0.1) is 12.7 Å². The first-order valence-electron chi connectivity index (χ1n) is 5.26. The summed E-state index contributed by atoms with van der Waals surface area (Å²) in [4.78, 5) is 0. The SMILES string of the molecule is c1ccc2c(c1)CO[C@H]1CCCO[C@@H]21. The summed E-state index contributed by atoms with van der Waals surface area (Å²) in [7, 11) is 0. The second-order valence-corrected chi connectivity index (χ2v) is 3.98. The Morgan fingerprint density at radius 3 is 3.07 bits per heavy atom. The third-order valence-electron chi connectivity index (χ3n) is 3.08. The van der Waals surface area contributed by atoms with Crippen LogP contribution in [0.1, 0.15) is 30.1 Å². The zero-order valence-electron chi connectivity index (χ0n) is 8.11. The fourth-order valence-corrected chi connectivity index (χ4v) is 2.35.